The number of nitro groups is 1. The molecule has 2 rings (SSSR count). The van der Waals surface area contributed by atoms with E-state index in [0.717, 1.165) is 6.07 Å². The van der Waals surface area contributed by atoms with Crippen molar-refractivity contribution in [2.24, 2.45) is 11.7 Å². The van der Waals surface area contributed by atoms with Gasteiger partial charge < -0.3 is 21.3 Å². The van der Waals surface area contributed by atoms with Gasteiger partial charge in [-0.05, 0) is 25.8 Å². The summed E-state index contributed by atoms with van der Waals surface area (Å²) in [5.41, 5.74) is 5.29. The van der Waals surface area contributed by atoms with Crippen LogP contribution in [-0.2, 0) is 9.59 Å². The molecule has 3 amide bonds. The van der Waals surface area contributed by atoms with Crippen LogP contribution in [0, 0.1) is 16.0 Å². The number of halogens is 1. The number of rotatable bonds is 7. The van der Waals surface area contributed by atoms with Gasteiger partial charge in [0.2, 0.25) is 11.8 Å². The average Bonchev–Trinajstić information content (AvgIpc) is 2.71. The molecule has 1 aromatic rings. The van der Waals surface area contributed by atoms with Gasteiger partial charge in [0.15, 0.2) is 0 Å². The zero-order valence-electron chi connectivity index (χ0n) is 16.1. The van der Waals surface area contributed by atoms with E-state index in [1.807, 2.05) is 0 Å². The first-order valence-corrected chi connectivity index (χ1v) is 9.15. The Morgan fingerprint density at radius 1 is 1.38 bits per heavy atom. The molecular formula is C18H26ClN5O5. The predicted molar refractivity (Wildman–Crippen MR) is 109 cm³/mol. The van der Waals surface area contributed by atoms with Gasteiger partial charge in [0.05, 0.1) is 10.8 Å². The molecule has 1 aliphatic heterocycles. The number of piperidine rings is 1. The molecule has 0 bridgehead atoms. The predicted octanol–water partition coefficient (Wildman–Crippen LogP) is 0.448. The summed E-state index contributed by atoms with van der Waals surface area (Å²) in [6.45, 7) is 3.08. The van der Waals surface area contributed by atoms with Crippen LogP contribution in [-0.4, -0.2) is 59.8 Å². The number of non-ortho nitro benzene ring substituents is 1. The minimum absolute atomic E-state index is 0. The Morgan fingerprint density at radius 2 is 2.10 bits per heavy atom. The second kappa shape index (κ2) is 11.3. The van der Waals surface area contributed by atoms with Gasteiger partial charge in [-0.25, -0.2) is 0 Å². The number of nitrogens with two attached hydrogens (primary N) is 1. The van der Waals surface area contributed by atoms with E-state index < -0.39 is 16.9 Å². The van der Waals surface area contributed by atoms with E-state index in [0.29, 0.717) is 32.5 Å². The van der Waals surface area contributed by atoms with Crippen molar-refractivity contribution in [2.45, 2.75) is 25.8 Å². The van der Waals surface area contributed by atoms with Crippen LogP contribution in [0.4, 0.5) is 5.69 Å². The van der Waals surface area contributed by atoms with E-state index in [2.05, 4.69) is 10.6 Å². The van der Waals surface area contributed by atoms with Gasteiger partial charge in [0.1, 0.15) is 6.04 Å². The number of hydrogen-bond acceptors (Lipinski definition) is 6. The Bertz CT molecular complexity index is 760. The summed E-state index contributed by atoms with van der Waals surface area (Å²) in [6.07, 6.45) is 1.38. The van der Waals surface area contributed by atoms with Crippen LogP contribution >= 0.6 is 12.4 Å². The monoisotopic (exact) mass is 427 g/mol. The minimum Gasteiger partial charge on any atom is -0.355 e. The van der Waals surface area contributed by atoms with Gasteiger partial charge in [0, 0.05) is 43.9 Å². The summed E-state index contributed by atoms with van der Waals surface area (Å²) in [5, 5.41) is 16.1. The van der Waals surface area contributed by atoms with Gasteiger partial charge >= 0.3 is 0 Å². The molecule has 1 heterocycles. The molecule has 11 heteroatoms. The van der Waals surface area contributed by atoms with Gasteiger partial charge in [-0.3, -0.25) is 24.5 Å². The molecule has 1 aromatic carbocycles. The number of nitro benzene ring substituents is 1. The van der Waals surface area contributed by atoms with E-state index in [4.69, 9.17) is 5.73 Å². The average molecular weight is 428 g/mol. The number of carbonyl (C=O) groups is 3. The summed E-state index contributed by atoms with van der Waals surface area (Å²) < 4.78 is 0. The lowest BCUT2D eigenvalue weighted by atomic mass is 9.96. The molecule has 2 atom stereocenters. The SMILES string of the molecule is CC(NC(=O)c1cccc([N+](=O)[O-])c1)C(=O)N1CCCC(C(=O)NCCN)C1.Cl. The maximum Gasteiger partial charge on any atom is 0.270 e. The lowest BCUT2D eigenvalue weighted by Crippen LogP contribution is -2.52. The normalized spacial score (nSPS) is 16.9. The maximum absolute atomic E-state index is 12.7. The third-order valence-corrected chi connectivity index (χ3v) is 4.58. The molecule has 0 aliphatic carbocycles. The number of benzene rings is 1. The van der Waals surface area contributed by atoms with Crippen LogP contribution in [0.25, 0.3) is 0 Å². The zero-order chi connectivity index (χ0) is 20.7. The third-order valence-electron chi connectivity index (χ3n) is 4.58. The molecule has 160 valence electrons. The Morgan fingerprint density at radius 3 is 2.76 bits per heavy atom. The quantitative estimate of drug-likeness (QED) is 0.425. The highest BCUT2D eigenvalue weighted by molar-refractivity contribution is 5.98. The van der Waals surface area contributed by atoms with Gasteiger partial charge in [-0.15, -0.1) is 12.4 Å². The molecular weight excluding hydrogens is 402 g/mol. The van der Waals surface area contributed by atoms with Gasteiger partial charge in [0.25, 0.3) is 11.6 Å². The van der Waals surface area contributed by atoms with Crippen molar-refractivity contribution in [3.05, 3.63) is 39.9 Å². The highest BCUT2D eigenvalue weighted by Crippen LogP contribution is 2.18. The fraction of sp³-hybridized carbons (Fsp3) is 0.500. The van der Waals surface area contributed by atoms with E-state index in [1.54, 1.807) is 11.8 Å². The van der Waals surface area contributed by atoms with Crippen LogP contribution in [0.15, 0.2) is 24.3 Å². The second-order valence-corrected chi connectivity index (χ2v) is 6.71. The largest absolute Gasteiger partial charge is 0.355 e. The molecule has 1 aliphatic rings. The van der Waals surface area contributed by atoms with Gasteiger partial charge in [-0.2, -0.15) is 0 Å². The van der Waals surface area contributed by atoms with Crippen LogP contribution in [0.5, 0.6) is 0 Å². The second-order valence-electron chi connectivity index (χ2n) is 6.71. The summed E-state index contributed by atoms with van der Waals surface area (Å²) in [4.78, 5) is 48.9. The lowest BCUT2D eigenvalue weighted by molar-refractivity contribution is -0.384. The standard InChI is InChI=1S/C18H25N5O5.ClH/c1-12(21-17(25)13-4-2-6-15(10-13)23(27)28)18(26)22-9-3-5-14(11-22)16(24)20-8-7-19;/h2,4,6,10,12,14H,3,5,7-9,11,19H2,1H3,(H,20,24)(H,21,25);1H. The molecule has 10 nitrogen and oxygen atoms in total. The highest BCUT2D eigenvalue weighted by Gasteiger charge is 2.31. The molecule has 0 radical (unpaired) electrons. The van der Waals surface area contributed by atoms with E-state index in [9.17, 15) is 24.5 Å². The smallest absolute Gasteiger partial charge is 0.270 e. The first kappa shape index (κ1) is 24.3. The van der Waals surface area contributed by atoms with Crippen LogP contribution < -0.4 is 16.4 Å². The van der Waals surface area contributed by atoms with Crippen LogP contribution in [0.3, 0.4) is 0 Å². The molecule has 1 fully saturated rings. The van der Waals surface area contributed by atoms with Crippen molar-refractivity contribution in [2.75, 3.05) is 26.2 Å². The van der Waals surface area contributed by atoms with Crippen LogP contribution in [0.1, 0.15) is 30.1 Å². The molecule has 29 heavy (non-hydrogen) atoms. The van der Waals surface area contributed by atoms with Crippen molar-refractivity contribution in [3.8, 4) is 0 Å². The Balaban J connectivity index is 0.00000420. The maximum atomic E-state index is 12.7. The summed E-state index contributed by atoms with van der Waals surface area (Å²) in [5.74, 6) is -1.30. The summed E-state index contributed by atoms with van der Waals surface area (Å²) in [7, 11) is 0. The molecule has 2 unspecified atom stereocenters. The zero-order valence-corrected chi connectivity index (χ0v) is 16.9. The Labute approximate surface area is 174 Å². The first-order valence-electron chi connectivity index (χ1n) is 9.15. The van der Waals surface area contributed by atoms with Crippen LogP contribution in [0.2, 0.25) is 0 Å². The van der Waals surface area contributed by atoms with Gasteiger partial charge in [-0.1, -0.05) is 6.07 Å². The molecule has 0 aromatic heterocycles. The van der Waals surface area contributed by atoms with Crippen molar-refractivity contribution in [1.82, 2.24) is 15.5 Å². The minimum atomic E-state index is -0.822. The summed E-state index contributed by atoms with van der Waals surface area (Å²) >= 11 is 0. The van der Waals surface area contributed by atoms with E-state index in [1.165, 1.54) is 18.2 Å². The number of carbonyl (C=O) groups excluding carboxylic acids is 3. The summed E-state index contributed by atoms with van der Waals surface area (Å²) in [6, 6.07) is 4.48. The number of likely N-dealkylation sites (tertiary alicyclic amines) is 1. The molecule has 4 N–H and O–H groups in total. The number of hydrogen-bond donors (Lipinski definition) is 3. The third kappa shape index (κ3) is 6.68. The van der Waals surface area contributed by atoms with E-state index in [-0.39, 0.29) is 47.9 Å². The molecule has 0 saturated carbocycles. The highest BCUT2D eigenvalue weighted by atomic mass is 35.5. The van der Waals surface area contributed by atoms with Crippen molar-refractivity contribution in [3.63, 3.8) is 0 Å². The molecule has 0 spiro atoms. The Kier molecular flexibility index (Phi) is 9.49. The fourth-order valence-electron chi connectivity index (χ4n) is 3.11. The molecule has 1 saturated heterocycles. The number of nitrogens with one attached hydrogen (secondary N) is 2. The van der Waals surface area contributed by atoms with Crippen molar-refractivity contribution >= 4 is 35.8 Å². The number of amides is 3. The first-order chi connectivity index (χ1) is 13.3. The fourth-order valence-corrected chi connectivity index (χ4v) is 3.11. The van der Waals surface area contributed by atoms with Crippen molar-refractivity contribution in [1.29, 1.82) is 0 Å². The lowest BCUT2D eigenvalue weighted by Gasteiger charge is -2.33. The van der Waals surface area contributed by atoms with Crippen molar-refractivity contribution < 1.29 is 19.3 Å². The number of nitrogens with zero attached hydrogens (tertiary/aromatic N) is 2. The van der Waals surface area contributed by atoms with E-state index >= 15 is 0 Å². The topological polar surface area (TPSA) is 148 Å². The Hall–Kier alpha value is -2.72.